The third kappa shape index (κ3) is 6.21. The van der Waals surface area contributed by atoms with Gasteiger partial charge in [-0.3, -0.25) is 9.10 Å². The first-order valence-corrected chi connectivity index (χ1v) is 10.7. The Morgan fingerprint density at radius 2 is 1.69 bits per heavy atom. The zero-order valence-electron chi connectivity index (χ0n) is 16.5. The molecule has 0 aliphatic carbocycles. The van der Waals surface area contributed by atoms with E-state index in [4.69, 9.17) is 9.47 Å². The molecular formula is C20H24N2O6S. The molecule has 9 heteroatoms. The molecule has 0 unspecified atom stereocenters. The molecule has 0 bridgehead atoms. The Bertz CT molecular complexity index is 957. The summed E-state index contributed by atoms with van der Waals surface area (Å²) in [5.74, 6) is -0.265. The number of rotatable bonds is 9. The molecule has 2 rings (SSSR count). The van der Waals surface area contributed by atoms with Crippen LogP contribution in [0.25, 0.3) is 0 Å². The van der Waals surface area contributed by atoms with Crippen LogP contribution in [0.4, 0.5) is 11.4 Å². The summed E-state index contributed by atoms with van der Waals surface area (Å²) in [7, 11) is -0.724. The second kappa shape index (κ2) is 9.92. The third-order valence-corrected chi connectivity index (χ3v) is 5.33. The molecule has 2 aromatic carbocycles. The van der Waals surface area contributed by atoms with E-state index in [-0.39, 0.29) is 24.4 Å². The van der Waals surface area contributed by atoms with Gasteiger partial charge in [-0.25, -0.2) is 13.2 Å². The summed E-state index contributed by atoms with van der Waals surface area (Å²) >= 11 is 0. The SMILES string of the molecule is COC(=O)c1ccccc1NC(=O)CCCN(c1ccc(OC)cc1)S(C)(=O)=O. The van der Waals surface area contributed by atoms with E-state index in [1.54, 1.807) is 48.5 Å². The smallest absolute Gasteiger partial charge is 0.339 e. The molecule has 0 atom stereocenters. The molecule has 0 radical (unpaired) electrons. The van der Waals surface area contributed by atoms with E-state index in [0.29, 0.717) is 23.5 Å². The van der Waals surface area contributed by atoms with Gasteiger partial charge in [-0.2, -0.15) is 0 Å². The molecule has 1 N–H and O–H groups in total. The van der Waals surface area contributed by atoms with E-state index in [1.165, 1.54) is 18.5 Å². The number of carbonyl (C=O) groups is 2. The van der Waals surface area contributed by atoms with Crippen LogP contribution >= 0.6 is 0 Å². The zero-order valence-corrected chi connectivity index (χ0v) is 17.4. The highest BCUT2D eigenvalue weighted by Gasteiger charge is 2.18. The number of nitrogens with zero attached hydrogens (tertiary/aromatic N) is 1. The highest BCUT2D eigenvalue weighted by Crippen LogP contribution is 2.22. The number of benzene rings is 2. The van der Waals surface area contributed by atoms with Crippen molar-refractivity contribution in [3.8, 4) is 5.75 Å². The number of methoxy groups -OCH3 is 2. The van der Waals surface area contributed by atoms with E-state index < -0.39 is 16.0 Å². The maximum Gasteiger partial charge on any atom is 0.339 e. The molecule has 156 valence electrons. The van der Waals surface area contributed by atoms with E-state index >= 15 is 0 Å². The van der Waals surface area contributed by atoms with Crippen molar-refractivity contribution >= 4 is 33.3 Å². The average molecular weight is 420 g/mol. The Labute approximate surface area is 170 Å². The van der Waals surface area contributed by atoms with Crippen molar-refractivity contribution in [3.63, 3.8) is 0 Å². The van der Waals surface area contributed by atoms with Crippen LogP contribution in [-0.4, -0.2) is 47.3 Å². The van der Waals surface area contributed by atoms with Crippen molar-refractivity contribution in [3.05, 3.63) is 54.1 Å². The van der Waals surface area contributed by atoms with Gasteiger partial charge in [0.05, 0.1) is 37.4 Å². The Morgan fingerprint density at radius 3 is 2.28 bits per heavy atom. The molecule has 0 aromatic heterocycles. The van der Waals surface area contributed by atoms with Crippen LogP contribution < -0.4 is 14.4 Å². The molecule has 0 fully saturated rings. The lowest BCUT2D eigenvalue weighted by molar-refractivity contribution is -0.116. The second-order valence-electron chi connectivity index (χ2n) is 6.22. The van der Waals surface area contributed by atoms with Crippen LogP contribution in [0.5, 0.6) is 5.75 Å². The van der Waals surface area contributed by atoms with Gasteiger partial charge in [0, 0.05) is 13.0 Å². The summed E-state index contributed by atoms with van der Waals surface area (Å²) in [5, 5.41) is 2.67. The van der Waals surface area contributed by atoms with Crippen molar-refractivity contribution < 1.29 is 27.5 Å². The van der Waals surface area contributed by atoms with Crippen LogP contribution in [-0.2, 0) is 19.6 Å². The maximum absolute atomic E-state index is 12.3. The predicted molar refractivity (Wildman–Crippen MR) is 111 cm³/mol. The van der Waals surface area contributed by atoms with Crippen LogP contribution in [0.1, 0.15) is 23.2 Å². The van der Waals surface area contributed by atoms with Gasteiger partial charge in [0.25, 0.3) is 0 Å². The Hall–Kier alpha value is -3.07. The van der Waals surface area contributed by atoms with E-state index in [1.807, 2.05) is 0 Å². The summed E-state index contributed by atoms with van der Waals surface area (Å²) in [6, 6.07) is 13.1. The molecule has 0 heterocycles. The molecular weight excluding hydrogens is 396 g/mol. The Balaban J connectivity index is 2.01. The first-order chi connectivity index (χ1) is 13.8. The largest absolute Gasteiger partial charge is 0.497 e. The molecule has 1 amide bonds. The zero-order chi connectivity index (χ0) is 21.4. The van der Waals surface area contributed by atoms with E-state index in [9.17, 15) is 18.0 Å². The topological polar surface area (TPSA) is 102 Å². The number of anilines is 2. The fourth-order valence-corrected chi connectivity index (χ4v) is 3.68. The summed E-state index contributed by atoms with van der Waals surface area (Å²) in [6.07, 6.45) is 1.49. The standard InChI is InChI=1S/C20H24N2O6S/c1-27-16-12-10-15(11-13-16)22(29(3,25)26)14-6-9-19(23)21-18-8-5-4-7-17(18)20(24)28-2/h4-5,7-8,10-13H,6,9,14H2,1-3H3,(H,21,23). The molecule has 8 nitrogen and oxygen atoms in total. The monoisotopic (exact) mass is 420 g/mol. The molecule has 0 spiro atoms. The fraction of sp³-hybridized carbons (Fsp3) is 0.300. The van der Waals surface area contributed by atoms with Gasteiger partial charge < -0.3 is 14.8 Å². The summed E-state index contributed by atoms with van der Waals surface area (Å²) in [5.41, 5.74) is 1.09. The minimum absolute atomic E-state index is 0.0810. The second-order valence-corrected chi connectivity index (χ2v) is 8.13. The lowest BCUT2D eigenvalue weighted by atomic mass is 10.1. The molecule has 0 saturated carbocycles. The number of hydrogen-bond donors (Lipinski definition) is 1. The Morgan fingerprint density at radius 1 is 1.03 bits per heavy atom. The minimum atomic E-state index is -3.52. The number of sulfonamides is 1. The molecule has 29 heavy (non-hydrogen) atoms. The average Bonchev–Trinajstić information content (AvgIpc) is 2.70. The summed E-state index contributed by atoms with van der Waals surface area (Å²) < 4.78 is 35.3. The van der Waals surface area contributed by atoms with Gasteiger partial charge in [-0.1, -0.05) is 12.1 Å². The normalized spacial score (nSPS) is 10.9. The van der Waals surface area contributed by atoms with Crippen molar-refractivity contribution in [1.29, 1.82) is 0 Å². The number of hydrogen-bond acceptors (Lipinski definition) is 6. The minimum Gasteiger partial charge on any atom is -0.497 e. The van der Waals surface area contributed by atoms with Crippen LogP contribution in [0.3, 0.4) is 0 Å². The highest BCUT2D eigenvalue weighted by molar-refractivity contribution is 7.92. The fourth-order valence-electron chi connectivity index (χ4n) is 2.71. The van der Waals surface area contributed by atoms with Crippen molar-refractivity contribution in [2.24, 2.45) is 0 Å². The number of amides is 1. The molecule has 0 saturated heterocycles. The lowest BCUT2D eigenvalue weighted by Gasteiger charge is -2.22. The number of ether oxygens (including phenoxy) is 2. The first kappa shape index (κ1) is 22.2. The van der Waals surface area contributed by atoms with Gasteiger partial charge in [-0.15, -0.1) is 0 Å². The van der Waals surface area contributed by atoms with Gasteiger partial charge in [0.2, 0.25) is 15.9 Å². The number of para-hydroxylation sites is 1. The summed E-state index contributed by atoms with van der Waals surface area (Å²) in [4.78, 5) is 24.1. The summed E-state index contributed by atoms with van der Waals surface area (Å²) in [6.45, 7) is 0.136. The molecule has 0 aliphatic heterocycles. The van der Waals surface area contributed by atoms with Crippen molar-refractivity contribution in [2.75, 3.05) is 36.6 Å². The number of carbonyl (C=O) groups excluding carboxylic acids is 2. The highest BCUT2D eigenvalue weighted by atomic mass is 32.2. The van der Waals surface area contributed by atoms with Crippen LogP contribution in [0.2, 0.25) is 0 Å². The van der Waals surface area contributed by atoms with Crippen molar-refractivity contribution in [2.45, 2.75) is 12.8 Å². The first-order valence-electron chi connectivity index (χ1n) is 8.85. The van der Waals surface area contributed by atoms with Gasteiger partial charge in [-0.05, 0) is 42.8 Å². The maximum atomic E-state index is 12.3. The van der Waals surface area contributed by atoms with E-state index in [0.717, 1.165) is 6.26 Å². The van der Waals surface area contributed by atoms with Gasteiger partial charge in [0.15, 0.2) is 0 Å². The third-order valence-electron chi connectivity index (χ3n) is 4.13. The Kier molecular flexibility index (Phi) is 7.60. The molecule has 2 aromatic rings. The van der Waals surface area contributed by atoms with Gasteiger partial charge in [0.1, 0.15) is 5.75 Å². The van der Waals surface area contributed by atoms with Crippen LogP contribution in [0, 0.1) is 0 Å². The predicted octanol–water partition coefficient (Wildman–Crippen LogP) is 2.67. The van der Waals surface area contributed by atoms with Crippen molar-refractivity contribution in [1.82, 2.24) is 0 Å². The lowest BCUT2D eigenvalue weighted by Crippen LogP contribution is -2.31. The number of nitrogens with one attached hydrogen (secondary N) is 1. The quantitative estimate of drug-likeness (QED) is 0.626. The number of esters is 1. The van der Waals surface area contributed by atoms with Crippen LogP contribution in [0.15, 0.2) is 48.5 Å². The van der Waals surface area contributed by atoms with E-state index in [2.05, 4.69) is 5.32 Å². The van der Waals surface area contributed by atoms with Gasteiger partial charge >= 0.3 is 5.97 Å². The molecule has 0 aliphatic rings.